The summed E-state index contributed by atoms with van der Waals surface area (Å²) in [6, 6.07) is 0. The van der Waals surface area contributed by atoms with E-state index in [9.17, 15) is 13.2 Å². The first-order valence-electron chi connectivity index (χ1n) is 8.32. The maximum atomic E-state index is 12.2. The molecule has 0 spiro atoms. The molecule has 0 aromatic carbocycles. The average molecular weight is 368 g/mol. The second kappa shape index (κ2) is 6.10. The molecule has 0 saturated carbocycles. The first kappa shape index (κ1) is 17.9. The lowest BCUT2D eigenvalue weighted by molar-refractivity contribution is 0.211. The molecule has 25 heavy (non-hydrogen) atoms. The number of nitrogens with zero attached hydrogens (tertiary/aromatic N) is 4. The van der Waals surface area contributed by atoms with Gasteiger partial charge in [-0.25, -0.2) is 17.4 Å². The Labute approximate surface area is 146 Å². The molecule has 1 aliphatic rings. The second-order valence-electron chi connectivity index (χ2n) is 7.34. The fourth-order valence-corrected chi connectivity index (χ4v) is 4.04. The fraction of sp³-hybridized carbons (Fsp3) is 0.667. The third-order valence-corrected chi connectivity index (χ3v) is 6.13. The van der Waals surface area contributed by atoms with Crippen LogP contribution in [0.25, 0.3) is 11.0 Å². The van der Waals surface area contributed by atoms with E-state index in [1.807, 2.05) is 20.8 Å². The summed E-state index contributed by atoms with van der Waals surface area (Å²) in [4.78, 5) is 19.4. The largest absolute Gasteiger partial charge is 0.355 e. The summed E-state index contributed by atoms with van der Waals surface area (Å²) in [6.45, 7) is 9.16. The smallest absolute Gasteiger partial charge is 0.263 e. The number of rotatable bonds is 5. The van der Waals surface area contributed by atoms with Crippen LogP contribution in [0.5, 0.6) is 0 Å². The average Bonchev–Trinajstić information content (AvgIpc) is 2.90. The molecule has 0 amide bonds. The topological polar surface area (TPSA) is 113 Å². The van der Waals surface area contributed by atoms with Crippen LogP contribution in [0.15, 0.2) is 11.0 Å². The van der Waals surface area contributed by atoms with Crippen molar-refractivity contribution in [1.29, 1.82) is 0 Å². The molecular formula is C15H24N6O3S. The van der Waals surface area contributed by atoms with Crippen molar-refractivity contribution in [2.24, 2.45) is 5.92 Å². The molecule has 1 fully saturated rings. The van der Waals surface area contributed by atoms with Crippen LogP contribution in [-0.4, -0.2) is 57.9 Å². The zero-order valence-corrected chi connectivity index (χ0v) is 15.7. The Morgan fingerprint density at radius 3 is 2.64 bits per heavy atom. The van der Waals surface area contributed by atoms with E-state index in [1.54, 1.807) is 11.6 Å². The van der Waals surface area contributed by atoms with Crippen LogP contribution < -0.4 is 10.9 Å². The molecule has 0 atom stereocenters. The Morgan fingerprint density at radius 1 is 1.36 bits per heavy atom. The monoisotopic (exact) mass is 368 g/mol. The van der Waals surface area contributed by atoms with Gasteiger partial charge in [-0.15, -0.1) is 0 Å². The number of fused-ring (bicyclic) bond motifs is 1. The highest BCUT2D eigenvalue weighted by atomic mass is 32.2. The predicted molar refractivity (Wildman–Crippen MR) is 96.2 cm³/mol. The summed E-state index contributed by atoms with van der Waals surface area (Å²) in [5, 5.41) is 7.83. The Bertz CT molecular complexity index is 934. The van der Waals surface area contributed by atoms with Gasteiger partial charge in [0.2, 0.25) is 16.0 Å². The maximum absolute atomic E-state index is 12.2. The predicted octanol–water partition coefficient (Wildman–Crippen LogP) is 0.568. The number of aromatic nitrogens is 4. The lowest BCUT2D eigenvalue weighted by Gasteiger charge is -2.37. The van der Waals surface area contributed by atoms with Gasteiger partial charge in [-0.3, -0.25) is 9.78 Å². The van der Waals surface area contributed by atoms with Gasteiger partial charge in [-0.2, -0.15) is 10.1 Å². The van der Waals surface area contributed by atoms with Crippen molar-refractivity contribution in [1.82, 2.24) is 24.1 Å². The van der Waals surface area contributed by atoms with Gasteiger partial charge in [-0.1, -0.05) is 0 Å². The van der Waals surface area contributed by atoms with E-state index in [4.69, 9.17) is 0 Å². The van der Waals surface area contributed by atoms with Gasteiger partial charge in [0.1, 0.15) is 5.39 Å². The van der Waals surface area contributed by atoms with Crippen molar-refractivity contribution in [3.8, 4) is 0 Å². The summed E-state index contributed by atoms with van der Waals surface area (Å²) in [7, 11) is -3.11. The molecule has 2 aromatic rings. The summed E-state index contributed by atoms with van der Waals surface area (Å²) in [6.07, 6.45) is 1.52. The Hall–Kier alpha value is -1.94. The number of aromatic amines is 1. The summed E-state index contributed by atoms with van der Waals surface area (Å²) in [5.74, 6) is 0.699. The van der Waals surface area contributed by atoms with Gasteiger partial charge in [0.05, 0.1) is 17.5 Å². The zero-order chi connectivity index (χ0) is 18.4. The molecule has 2 N–H and O–H groups in total. The van der Waals surface area contributed by atoms with Crippen LogP contribution in [0.3, 0.4) is 0 Å². The van der Waals surface area contributed by atoms with Crippen LogP contribution in [0.1, 0.15) is 27.7 Å². The maximum Gasteiger partial charge on any atom is 0.263 e. The van der Waals surface area contributed by atoms with E-state index in [-0.39, 0.29) is 22.8 Å². The number of hydrogen-bond donors (Lipinski definition) is 2. The standard InChI is InChI=1S/C15H24N6O3S/c1-5-25(23,24)20-8-10(9-20)6-16-14-18-12-11(13(22)19-14)7-17-21(12)15(2,3)4/h7,10H,5-6,8-9H2,1-4H3,(H2,16,18,19,22). The van der Waals surface area contributed by atoms with Crippen LogP contribution in [0.2, 0.25) is 0 Å². The molecule has 0 unspecified atom stereocenters. The first-order valence-corrected chi connectivity index (χ1v) is 9.93. The molecule has 138 valence electrons. The van der Waals surface area contributed by atoms with E-state index in [2.05, 4.69) is 20.4 Å². The molecule has 9 nitrogen and oxygen atoms in total. The quantitative estimate of drug-likeness (QED) is 0.798. The molecule has 0 bridgehead atoms. The van der Waals surface area contributed by atoms with Gasteiger partial charge in [0.15, 0.2) is 5.65 Å². The minimum Gasteiger partial charge on any atom is -0.355 e. The van der Waals surface area contributed by atoms with Crippen molar-refractivity contribution < 1.29 is 8.42 Å². The van der Waals surface area contributed by atoms with Gasteiger partial charge in [-0.05, 0) is 27.7 Å². The van der Waals surface area contributed by atoms with Crippen LogP contribution in [0, 0.1) is 5.92 Å². The molecule has 10 heteroatoms. The van der Waals surface area contributed by atoms with E-state index < -0.39 is 10.0 Å². The van der Waals surface area contributed by atoms with Crippen molar-refractivity contribution in [3.63, 3.8) is 0 Å². The van der Waals surface area contributed by atoms with E-state index in [0.29, 0.717) is 36.6 Å². The van der Waals surface area contributed by atoms with Gasteiger partial charge >= 0.3 is 0 Å². The highest BCUT2D eigenvalue weighted by molar-refractivity contribution is 7.89. The molecule has 1 saturated heterocycles. The third-order valence-electron chi connectivity index (χ3n) is 4.31. The van der Waals surface area contributed by atoms with E-state index in [1.165, 1.54) is 10.5 Å². The third kappa shape index (κ3) is 3.40. The SMILES string of the molecule is CCS(=O)(=O)N1CC(CNc2nc3c(cnn3C(C)(C)C)c(=O)[nH]2)C1. The lowest BCUT2D eigenvalue weighted by Crippen LogP contribution is -2.52. The number of hydrogen-bond acceptors (Lipinski definition) is 6. The van der Waals surface area contributed by atoms with Crippen molar-refractivity contribution in [2.45, 2.75) is 33.2 Å². The van der Waals surface area contributed by atoms with Crippen LogP contribution in [-0.2, 0) is 15.6 Å². The van der Waals surface area contributed by atoms with Gasteiger partial charge in [0, 0.05) is 25.6 Å². The van der Waals surface area contributed by atoms with Crippen LogP contribution in [0.4, 0.5) is 5.95 Å². The molecule has 0 radical (unpaired) electrons. The Kier molecular flexibility index (Phi) is 4.36. The number of anilines is 1. The highest BCUT2D eigenvalue weighted by Crippen LogP contribution is 2.21. The zero-order valence-electron chi connectivity index (χ0n) is 14.9. The van der Waals surface area contributed by atoms with Crippen molar-refractivity contribution >= 4 is 27.0 Å². The number of H-pyrrole nitrogens is 1. The number of sulfonamides is 1. The molecule has 1 aliphatic heterocycles. The van der Waals surface area contributed by atoms with Gasteiger partial charge in [0.25, 0.3) is 5.56 Å². The van der Waals surface area contributed by atoms with Crippen molar-refractivity contribution in [3.05, 3.63) is 16.6 Å². The first-order chi connectivity index (χ1) is 11.6. The Balaban J connectivity index is 1.72. The lowest BCUT2D eigenvalue weighted by atomic mass is 10.0. The minimum atomic E-state index is -3.11. The van der Waals surface area contributed by atoms with Crippen molar-refractivity contribution in [2.75, 3.05) is 30.7 Å². The molecule has 3 rings (SSSR count). The molecular weight excluding hydrogens is 344 g/mol. The summed E-state index contributed by atoms with van der Waals surface area (Å²) >= 11 is 0. The minimum absolute atomic E-state index is 0.121. The van der Waals surface area contributed by atoms with E-state index in [0.717, 1.165) is 0 Å². The second-order valence-corrected chi connectivity index (χ2v) is 9.60. The molecule has 3 heterocycles. The van der Waals surface area contributed by atoms with Gasteiger partial charge < -0.3 is 5.32 Å². The Morgan fingerprint density at radius 2 is 2.04 bits per heavy atom. The summed E-state index contributed by atoms with van der Waals surface area (Å²) in [5.41, 5.74) is -0.00246. The normalized spacial score (nSPS) is 17.0. The fourth-order valence-electron chi connectivity index (χ4n) is 2.80. The van der Waals surface area contributed by atoms with Crippen LogP contribution >= 0.6 is 0 Å². The summed E-state index contributed by atoms with van der Waals surface area (Å²) < 4.78 is 26.7. The molecule has 0 aliphatic carbocycles. The molecule has 2 aromatic heterocycles. The van der Waals surface area contributed by atoms with E-state index >= 15 is 0 Å². The highest BCUT2D eigenvalue weighted by Gasteiger charge is 2.34. The number of nitrogens with one attached hydrogen (secondary N) is 2.